The zero-order chi connectivity index (χ0) is 21.0. The Kier molecular flexibility index (Phi) is 6.70. The van der Waals surface area contributed by atoms with E-state index in [1.54, 1.807) is 36.4 Å². The lowest BCUT2D eigenvalue weighted by atomic mass is 10.2. The van der Waals surface area contributed by atoms with Crippen LogP contribution < -0.4 is 15.6 Å². The van der Waals surface area contributed by atoms with Crippen molar-refractivity contribution in [3.8, 4) is 5.75 Å². The molecule has 29 heavy (non-hydrogen) atoms. The average molecular weight is 494 g/mol. The number of anilines is 1. The van der Waals surface area contributed by atoms with Crippen molar-refractivity contribution < 1.29 is 14.0 Å². The van der Waals surface area contributed by atoms with Crippen molar-refractivity contribution in [2.45, 2.75) is 6.92 Å². The molecule has 1 aromatic heterocycles. The second kappa shape index (κ2) is 9.06. The Bertz CT molecular complexity index is 1140. The van der Waals surface area contributed by atoms with Gasteiger partial charge in [0, 0.05) is 16.4 Å². The van der Waals surface area contributed by atoms with E-state index in [2.05, 4.69) is 20.9 Å². The average Bonchev–Trinajstić information content (AvgIpc) is 3.11. The van der Waals surface area contributed by atoms with Gasteiger partial charge in [-0.2, -0.15) is 0 Å². The van der Waals surface area contributed by atoms with Gasteiger partial charge in [-0.3, -0.25) is 0 Å². The lowest BCUT2D eigenvalue weighted by Gasteiger charge is -2.13. The number of fused-ring (bicyclic) bond motifs is 1. The summed E-state index contributed by atoms with van der Waals surface area (Å²) in [4.78, 5) is 13.1. The lowest BCUT2D eigenvalue weighted by molar-refractivity contribution is 0.395. The largest absolute Gasteiger partial charge is 0.419 e. The van der Waals surface area contributed by atoms with Gasteiger partial charge in [0.25, 0.3) is 0 Å². The zero-order valence-electron chi connectivity index (χ0n) is 15.5. The molecule has 0 fully saturated rings. The Morgan fingerprint density at radius 1 is 1.07 bits per heavy atom. The summed E-state index contributed by atoms with van der Waals surface area (Å²) in [5.74, 6) is 0.242. The third-order valence-corrected chi connectivity index (χ3v) is 6.76. The van der Waals surface area contributed by atoms with Crippen molar-refractivity contribution in [1.29, 1.82) is 0 Å². The van der Waals surface area contributed by atoms with E-state index in [0.29, 0.717) is 14.9 Å². The summed E-state index contributed by atoms with van der Waals surface area (Å²) in [7, 11) is -3.97. The first-order valence-electron chi connectivity index (χ1n) is 8.63. The van der Waals surface area contributed by atoms with E-state index in [4.69, 9.17) is 21.9 Å². The maximum Gasteiger partial charge on any atom is 0.408 e. The zero-order valence-corrected chi connectivity index (χ0v) is 18.7. The van der Waals surface area contributed by atoms with Crippen molar-refractivity contribution in [2.24, 2.45) is 0 Å². The number of aromatic amines is 1. The smallest absolute Gasteiger partial charge is 0.408 e. The summed E-state index contributed by atoms with van der Waals surface area (Å²) in [6.45, 7) is 2.04. The molecule has 0 aliphatic carbocycles. The van der Waals surface area contributed by atoms with E-state index >= 15 is 0 Å². The molecule has 4 aromatic rings. The number of nitrogens with one attached hydrogen (secondary N) is 1. The Morgan fingerprint density at radius 3 is 2.34 bits per heavy atom. The van der Waals surface area contributed by atoms with Gasteiger partial charge in [0.1, 0.15) is 0 Å². The van der Waals surface area contributed by atoms with Gasteiger partial charge < -0.3 is 20.1 Å². The van der Waals surface area contributed by atoms with Gasteiger partial charge in [0.05, 0.1) is 21.2 Å². The van der Waals surface area contributed by atoms with Crippen LogP contribution in [0.1, 0.15) is 5.56 Å². The van der Waals surface area contributed by atoms with Gasteiger partial charge in [0.2, 0.25) is 0 Å². The van der Waals surface area contributed by atoms with Crippen molar-refractivity contribution >= 4 is 57.0 Å². The van der Waals surface area contributed by atoms with Crippen LogP contribution in [-0.2, 0) is 4.57 Å². The van der Waals surface area contributed by atoms with E-state index < -0.39 is 7.60 Å². The molecule has 0 aliphatic heterocycles. The second-order valence-electron chi connectivity index (χ2n) is 6.29. The highest BCUT2D eigenvalue weighted by Crippen LogP contribution is 2.46. The Balaban J connectivity index is 0.000000252. The monoisotopic (exact) mass is 492 g/mol. The fourth-order valence-electron chi connectivity index (χ4n) is 2.57. The first kappa shape index (κ1) is 21.5. The first-order valence-corrected chi connectivity index (χ1v) is 11.4. The molecular weight excluding hydrogens is 475 g/mol. The van der Waals surface area contributed by atoms with Gasteiger partial charge in [-0.15, -0.1) is 0 Å². The van der Waals surface area contributed by atoms with Gasteiger partial charge in [-0.1, -0.05) is 47.5 Å². The van der Waals surface area contributed by atoms with Crippen LogP contribution in [0.5, 0.6) is 5.75 Å². The normalized spacial score (nSPS) is 12.7. The number of hydrogen-bond acceptors (Lipinski definition) is 3. The number of halogens is 2. The van der Waals surface area contributed by atoms with Crippen molar-refractivity contribution in [3.05, 3.63) is 88.0 Å². The third kappa shape index (κ3) is 5.22. The van der Waals surface area contributed by atoms with Crippen LogP contribution in [0.15, 0.2) is 77.4 Å². The van der Waals surface area contributed by atoms with E-state index in [0.717, 1.165) is 11.2 Å². The molecule has 0 aliphatic rings. The number of nitrogen functional groups attached to an aromatic ring is 1. The number of hydrogen-bond donors (Lipinski definition) is 3. The molecule has 5 nitrogen and oxygen atoms in total. The summed E-state index contributed by atoms with van der Waals surface area (Å²) >= 11 is 9.56. The summed E-state index contributed by atoms with van der Waals surface area (Å²) in [6, 6.07) is 19.6. The quantitative estimate of drug-likeness (QED) is 0.239. The predicted octanol–water partition coefficient (Wildman–Crippen LogP) is 6.05. The SMILES string of the molecule is Cc1ccc(N)cc1.O=P(O)(Oc1c[nH]c2ccc(Br)c(Cl)c12)c1ccccc1. The standard InChI is InChI=1S/C14H10BrClNO3P.C7H9N/c15-10-6-7-11-13(14(10)16)12(8-17-11)20-21(18,19)9-4-2-1-3-5-9;1-6-2-4-7(8)5-3-6/h1-8,17H,(H,18,19);2-5H,8H2,1H3. The molecular formula is C21H19BrClN2O3P. The molecule has 1 atom stereocenters. The molecule has 1 unspecified atom stereocenters. The van der Waals surface area contributed by atoms with Crippen LogP contribution in [0, 0.1) is 6.92 Å². The van der Waals surface area contributed by atoms with Crippen molar-refractivity contribution in [2.75, 3.05) is 5.73 Å². The van der Waals surface area contributed by atoms with E-state index in [1.165, 1.54) is 11.8 Å². The molecule has 0 spiro atoms. The number of aryl methyl sites for hydroxylation is 1. The van der Waals surface area contributed by atoms with Crippen LogP contribution in [0.3, 0.4) is 0 Å². The number of rotatable bonds is 3. The highest BCUT2D eigenvalue weighted by molar-refractivity contribution is 9.10. The summed E-state index contributed by atoms with van der Waals surface area (Å²) in [5.41, 5.74) is 8.23. The third-order valence-electron chi connectivity index (χ3n) is 4.08. The minimum Gasteiger partial charge on any atom is -0.419 e. The predicted molar refractivity (Wildman–Crippen MR) is 123 cm³/mol. The number of benzene rings is 3. The molecule has 150 valence electrons. The molecule has 0 amide bonds. The molecule has 8 heteroatoms. The van der Waals surface area contributed by atoms with E-state index in [1.807, 2.05) is 37.3 Å². The lowest BCUT2D eigenvalue weighted by Crippen LogP contribution is -2.08. The molecule has 4 N–H and O–H groups in total. The van der Waals surface area contributed by atoms with E-state index in [-0.39, 0.29) is 11.1 Å². The summed E-state index contributed by atoms with van der Waals surface area (Å²) < 4.78 is 18.4. The van der Waals surface area contributed by atoms with Gasteiger partial charge in [0.15, 0.2) is 5.75 Å². The van der Waals surface area contributed by atoms with Gasteiger partial charge in [-0.05, 0) is 59.3 Å². The second-order valence-corrected chi connectivity index (χ2v) is 9.27. The topological polar surface area (TPSA) is 88.3 Å². The summed E-state index contributed by atoms with van der Waals surface area (Å²) in [6.07, 6.45) is 1.52. The highest BCUT2D eigenvalue weighted by atomic mass is 79.9. The molecule has 0 saturated heterocycles. The minimum atomic E-state index is -3.97. The Morgan fingerprint density at radius 2 is 1.72 bits per heavy atom. The molecule has 4 rings (SSSR count). The maximum atomic E-state index is 12.4. The van der Waals surface area contributed by atoms with E-state index in [9.17, 15) is 9.46 Å². The number of aromatic nitrogens is 1. The van der Waals surface area contributed by atoms with Crippen LogP contribution in [0.4, 0.5) is 5.69 Å². The molecule has 0 radical (unpaired) electrons. The molecule has 0 saturated carbocycles. The fourth-order valence-corrected chi connectivity index (χ4v) is 4.22. The highest BCUT2D eigenvalue weighted by Gasteiger charge is 2.26. The minimum absolute atomic E-state index is 0.227. The van der Waals surface area contributed by atoms with Crippen LogP contribution in [-0.4, -0.2) is 9.88 Å². The Labute approximate surface area is 182 Å². The van der Waals surface area contributed by atoms with Crippen LogP contribution in [0.25, 0.3) is 10.9 Å². The van der Waals surface area contributed by atoms with Gasteiger partial charge >= 0.3 is 7.60 Å². The first-order chi connectivity index (χ1) is 13.8. The Hall–Kier alpha value is -2.24. The van der Waals surface area contributed by atoms with Crippen molar-refractivity contribution in [1.82, 2.24) is 4.98 Å². The van der Waals surface area contributed by atoms with Gasteiger partial charge in [-0.25, -0.2) is 4.57 Å². The molecule has 3 aromatic carbocycles. The van der Waals surface area contributed by atoms with Crippen LogP contribution >= 0.6 is 35.1 Å². The van der Waals surface area contributed by atoms with Crippen LogP contribution in [0.2, 0.25) is 5.02 Å². The summed E-state index contributed by atoms with van der Waals surface area (Å²) in [5, 5.41) is 1.22. The molecule has 0 bridgehead atoms. The maximum absolute atomic E-state index is 12.4. The number of H-pyrrole nitrogens is 1. The number of nitrogens with two attached hydrogens (primary N) is 1. The molecule has 1 heterocycles. The fraction of sp³-hybridized carbons (Fsp3) is 0.0476. The van der Waals surface area contributed by atoms with Crippen molar-refractivity contribution in [3.63, 3.8) is 0 Å².